The Hall–Kier alpha value is -0.910. The summed E-state index contributed by atoms with van der Waals surface area (Å²) in [4.78, 5) is 10.7. The van der Waals surface area contributed by atoms with Crippen molar-refractivity contribution < 1.29 is 23.7 Å². The van der Waals surface area contributed by atoms with Gasteiger partial charge in [0.2, 0.25) is 0 Å². The van der Waals surface area contributed by atoms with E-state index in [2.05, 4.69) is 4.74 Å². The molecule has 0 spiro atoms. The molecule has 0 saturated carbocycles. The normalized spacial score (nSPS) is 13.0. The van der Waals surface area contributed by atoms with E-state index < -0.39 is 5.97 Å². The molecular formula is C10H18O5. The van der Waals surface area contributed by atoms with Crippen LogP contribution < -0.4 is 0 Å². The van der Waals surface area contributed by atoms with Crippen molar-refractivity contribution in [2.45, 2.75) is 13.0 Å². The maximum absolute atomic E-state index is 10.7. The van der Waals surface area contributed by atoms with Gasteiger partial charge in [0.05, 0.1) is 26.4 Å². The van der Waals surface area contributed by atoms with E-state index in [4.69, 9.17) is 14.2 Å². The molecule has 5 heteroatoms. The van der Waals surface area contributed by atoms with Crippen molar-refractivity contribution in [1.29, 1.82) is 0 Å². The van der Waals surface area contributed by atoms with Gasteiger partial charge in [0, 0.05) is 13.2 Å². The van der Waals surface area contributed by atoms with Gasteiger partial charge in [-0.1, -0.05) is 0 Å². The Balaban J connectivity index is 3.44. The smallest absolute Gasteiger partial charge is 0.330 e. The van der Waals surface area contributed by atoms with Crippen molar-refractivity contribution >= 4 is 5.97 Å². The topological polar surface area (TPSA) is 54.0 Å². The summed E-state index contributed by atoms with van der Waals surface area (Å²) in [6.07, 6.45) is 2.73. The van der Waals surface area contributed by atoms with Crippen LogP contribution in [0.1, 0.15) is 6.92 Å². The lowest BCUT2D eigenvalue weighted by atomic mass is 10.3. The molecule has 0 fully saturated rings. The predicted octanol–water partition coefficient (Wildman–Crippen LogP) is 0.741. The van der Waals surface area contributed by atoms with E-state index in [1.807, 2.05) is 0 Å². The van der Waals surface area contributed by atoms with Crippen molar-refractivity contribution in [3.8, 4) is 0 Å². The number of esters is 1. The van der Waals surface area contributed by atoms with Gasteiger partial charge in [-0.25, -0.2) is 4.79 Å². The molecule has 0 aliphatic rings. The molecule has 0 aromatic carbocycles. The fourth-order valence-corrected chi connectivity index (χ4v) is 0.694. The summed E-state index contributed by atoms with van der Waals surface area (Å²) in [5, 5.41) is 0. The molecule has 0 heterocycles. The van der Waals surface area contributed by atoms with Gasteiger partial charge in [-0.2, -0.15) is 0 Å². The van der Waals surface area contributed by atoms with E-state index in [1.54, 1.807) is 20.1 Å². The van der Waals surface area contributed by atoms with Gasteiger partial charge in [-0.15, -0.1) is 0 Å². The van der Waals surface area contributed by atoms with Crippen LogP contribution >= 0.6 is 0 Å². The minimum absolute atomic E-state index is 0.177. The highest BCUT2D eigenvalue weighted by molar-refractivity contribution is 5.81. The number of methoxy groups -OCH3 is 2. The Kier molecular flexibility index (Phi) is 9.05. The maximum Gasteiger partial charge on any atom is 0.330 e. The molecule has 15 heavy (non-hydrogen) atoms. The molecular weight excluding hydrogens is 200 g/mol. The lowest BCUT2D eigenvalue weighted by Crippen LogP contribution is -2.11. The molecule has 0 amide bonds. The first-order chi connectivity index (χ1) is 7.20. The van der Waals surface area contributed by atoms with Crippen molar-refractivity contribution in [2.75, 3.05) is 34.2 Å². The van der Waals surface area contributed by atoms with E-state index in [0.29, 0.717) is 13.2 Å². The second kappa shape index (κ2) is 9.64. The van der Waals surface area contributed by atoms with Gasteiger partial charge in [0.15, 0.2) is 0 Å². The molecule has 0 bridgehead atoms. The average molecular weight is 218 g/mol. The fourth-order valence-electron chi connectivity index (χ4n) is 0.694. The number of hydrogen-bond donors (Lipinski definition) is 0. The first kappa shape index (κ1) is 14.1. The second-order valence-electron chi connectivity index (χ2n) is 2.77. The lowest BCUT2D eigenvalue weighted by Gasteiger charge is -2.08. The molecule has 0 aliphatic carbocycles. The summed E-state index contributed by atoms with van der Waals surface area (Å²) >= 11 is 0. The Morgan fingerprint density at radius 2 is 2.07 bits per heavy atom. The summed E-state index contributed by atoms with van der Waals surface area (Å²) < 4.78 is 19.5. The SMILES string of the molecule is COCCOCOC(C)/C=C/C(=O)OC. The molecule has 0 aromatic rings. The highest BCUT2D eigenvalue weighted by Crippen LogP contribution is 1.94. The molecule has 0 N–H and O–H groups in total. The maximum atomic E-state index is 10.7. The monoisotopic (exact) mass is 218 g/mol. The minimum atomic E-state index is -0.397. The van der Waals surface area contributed by atoms with Crippen LogP contribution in [0.2, 0.25) is 0 Å². The van der Waals surface area contributed by atoms with Crippen LogP contribution in [0.5, 0.6) is 0 Å². The first-order valence-corrected chi connectivity index (χ1v) is 4.65. The Morgan fingerprint density at radius 3 is 2.67 bits per heavy atom. The number of ether oxygens (including phenoxy) is 4. The van der Waals surface area contributed by atoms with Crippen LogP contribution in [0.15, 0.2) is 12.2 Å². The Morgan fingerprint density at radius 1 is 1.33 bits per heavy atom. The molecule has 0 aliphatic heterocycles. The van der Waals surface area contributed by atoms with E-state index in [0.717, 1.165) is 0 Å². The summed E-state index contributed by atoms with van der Waals surface area (Å²) in [5.41, 5.74) is 0. The van der Waals surface area contributed by atoms with Crippen LogP contribution in [0.3, 0.4) is 0 Å². The number of hydrogen-bond acceptors (Lipinski definition) is 5. The fraction of sp³-hybridized carbons (Fsp3) is 0.700. The summed E-state index contributed by atoms with van der Waals surface area (Å²) in [6, 6.07) is 0. The Labute approximate surface area is 89.9 Å². The largest absolute Gasteiger partial charge is 0.466 e. The van der Waals surface area contributed by atoms with Crippen molar-refractivity contribution in [2.24, 2.45) is 0 Å². The van der Waals surface area contributed by atoms with Crippen LogP contribution in [-0.2, 0) is 23.7 Å². The minimum Gasteiger partial charge on any atom is -0.466 e. The highest BCUT2D eigenvalue weighted by Gasteiger charge is 1.98. The van der Waals surface area contributed by atoms with Gasteiger partial charge < -0.3 is 18.9 Å². The van der Waals surface area contributed by atoms with Crippen LogP contribution in [-0.4, -0.2) is 46.3 Å². The van der Waals surface area contributed by atoms with Gasteiger partial charge in [0.25, 0.3) is 0 Å². The van der Waals surface area contributed by atoms with Gasteiger partial charge in [-0.05, 0) is 13.0 Å². The molecule has 0 aromatic heterocycles. The molecule has 0 radical (unpaired) electrons. The number of carbonyl (C=O) groups excluding carboxylic acids is 1. The lowest BCUT2D eigenvalue weighted by molar-refractivity contribution is -0.135. The summed E-state index contributed by atoms with van der Waals surface area (Å²) in [7, 11) is 2.93. The molecule has 5 nitrogen and oxygen atoms in total. The van der Waals surface area contributed by atoms with Crippen LogP contribution in [0.4, 0.5) is 0 Å². The van der Waals surface area contributed by atoms with Crippen LogP contribution in [0.25, 0.3) is 0 Å². The third-order valence-electron chi connectivity index (χ3n) is 1.55. The zero-order chi connectivity index (χ0) is 11.5. The average Bonchev–Trinajstić information content (AvgIpc) is 2.25. The van der Waals surface area contributed by atoms with E-state index in [-0.39, 0.29) is 12.9 Å². The van der Waals surface area contributed by atoms with Gasteiger partial charge in [0.1, 0.15) is 6.79 Å². The number of carbonyl (C=O) groups is 1. The van der Waals surface area contributed by atoms with Crippen molar-refractivity contribution in [1.82, 2.24) is 0 Å². The second-order valence-corrected chi connectivity index (χ2v) is 2.77. The molecule has 1 unspecified atom stereocenters. The summed E-state index contributed by atoms with van der Waals surface area (Å²) in [5.74, 6) is -0.397. The van der Waals surface area contributed by atoms with E-state index in [1.165, 1.54) is 13.2 Å². The van der Waals surface area contributed by atoms with E-state index >= 15 is 0 Å². The highest BCUT2D eigenvalue weighted by atomic mass is 16.7. The standard InChI is InChI=1S/C10H18O5/c1-9(4-5-10(11)13-3)15-8-14-7-6-12-2/h4-5,9H,6-8H2,1-3H3/b5-4+. The zero-order valence-electron chi connectivity index (χ0n) is 9.39. The summed E-state index contributed by atoms with van der Waals surface area (Å²) in [6.45, 7) is 3.01. The van der Waals surface area contributed by atoms with Gasteiger partial charge in [-0.3, -0.25) is 0 Å². The van der Waals surface area contributed by atoms with Crippen molar-refractivity contribution in [3.63, 3.8) is 0 Å². The molecule has 88 valence electrons. The van der Waals surface area contributed by atoms with Gasteiger partial charge >= 0.3 is 5.97 Å². The third kappa shape index (κ3) is 9.40. The predicted molar refractivity (Wildman–Crippen MR) is 54.4 cm³/mol. The zero-order valence-corrected chi connectivity index (χ0v) is 9.39. The quantitative estimate of drug-likeness (QED) is 0.260. The van der Waals surface area contributed by atoms with E-state index in [9.17, 15) is 4.79 Å². The molecule has 1 atom stereocenters. The Bertz CT molecular complexity index is 190. The van der Waals surface area contributed by atoms with Crippen molar-refractivity contribution in [3.05, 3.63) is 12.2 Å². The molecule has 0 rings (SSSR count). The molecule has 0 saturated heterocycles. The van der Waals surface area contributed by atoms with Crippen LogP contribution in [0, 0.1) is 0 Å². The third-order valence-corrected chi connectivity index (χ3v) is 1.55. The first-order valence-electron chi connectivity index (χ1n) is 4.65. The number of rotatable bonds is 8.